The number of benzene rings is 1. The highest BCUT2D eigenvalue weighted by Crippen LogP contribution is 2.32. The number of carbonyl (C=O) groups excluding carboxylic acids is 2. The molecule has 0 aliphatic carbocycles. The molecule has 1 saturated heterocycles. The van der Waals surface area contributed by atoms with Gasteiger partial charge >= 0.3 is 6.18 Å². The van der Waals surface area contributed by atoms with Gasteiger partial charge in [-0.1, -0.05) is 6.07 Å². The molecule has 0 bridgehead atoms. The van der Waals surface area contributed by atoms with Crippen molar-refractivity contribution in [2.45, 2.75) is 51.8 Å². The van der Waals surface area contributed by atoms with Gasteiger partial charge in [0.15, 0.2) is 6.10 Å². The van der Waals surface area contributed by atoms with Gasteiger partial charge in [-0.3, -0.25) is 10.2 Å². The number of hydrogen-bond acceptors (Lipinski definition) is 6. The second-order valence-electron chi connectivity index (χ2n) is 8.29. The van der Waals surface area contributed by atoms with Crippen LogP contribution in [0.1, 0.15) is 48.5 Å². The molecule has 8 nitrogen and oxygen atoms in total. The summed E-state index contributed by atoms with van der Waals surface area (Å²) in [6.07, 6.45) is -2.09. The normalized spacial score (nSPS) is 15.9. The van der Waals surface area contributed by atoms with Crippen LogP contribution in [0.5, 0.6) is 5.75 Å². The number of aromatic nitrogens is 1. The molecule has 2 aromatic rings. The van der Waals surface area contributed by atoms with E-state index in [0.717, 1.165) is 38.2 Å². The molecule has 3 rings (SSSR count). The van der Waals surface area contributed by atoms with Crippen molar-refractivity contribution in [3.63, 3.8) is 0 Å². The number of ether oxygens (including phenoxy) is 1. The Balaban J connectivity index is 1.92. The number of piperidine rings is 1. The SMILES string of the molecule is Cc1cccnc1NC(=O)c1cc(F)c(N/N=C2/CCCCN2CCC=O)cc1O[C@@H](C)C(F)(F)F. The summed E-state index contributed by atoms with van der Waals surface area (Å²) in [5.41, 5.74) is 2.45. The van der Waals surface area contributed by atoms with E-state index in [1.807, 2.05) is 4.90 Å². The second kappa shape index (κ2) is 11.8. The number of aldehydes is 1. The summed E-state index contributed by atoms with van der Waals surface area (Å²) in [7, 11) is 0. The maximum absolute atomic E-state index is 15.0. The molecule has 1 amide bonds. The number of aryl methyl sites for hydroxylation is 1. The van der Waals surface area contributed by atoms with Crippen molar-refractivity contribution < 1.29 is 31.9 Å². The number of nitrogens with zero attached hydrogens (tertiary/aromatic N) is 3. The van der Waals surface area contributed by atoms with Crippen molar-refractivity contribution in [2.24, 2.45) is 5.10 Å². The smallest absolute Gasteiger partial charge is 0.425 e. The Bertz CT molecular complexity index is 1120. The molecule has 194 valence electrons. The number of carbonyl (C=O) groups is 2. The van der Waals surface area contributed by atoms with Gasteiger partial charge in [-0.15, -0.1) is 0 Å². The number of rotatable bonds is 9. The van der Waals surface area contributed by atoms with Crippen LogP contribution in [0.3, 0.4) is 0 Å². The van der Waals surface area contributed by atoms with E-state index in [9.17, 15) is 27.2 Å². The van der Waals surface area contributed by atoms with E-state index >= 15 is 0 Å². The fraction of sp³-hybridized carbons (Fsp3) is 0.417. The van der Waals surface area contributed by atoms with Crippen molar-refractivity contribution >= 4 is 29.5 Å². The number of amidine groups is 1. The molecule has 1 aromatic carbocycles. The maximum Gasteiger partial charge on any atom is 0.425 e. The van der Waals surface area contributed by atoms with Gasteiger partial charge in [0.05, 0.1) is 11.3 Å². The lowest BCUT2D eigenvalue weighted by Crippen LogP contribution is -2.37. The summed E-state index contributed by atoms with van der Waals surface area (Å²) in [6.45, 7) is 3.60. The van der Waals surface area contributed by atoms with E-state index in [1.54, 1.807) is 19.1 Å². The van der Waals surface area contributed by atoms with E-state index in [-0.39, 0.29) is 11.5 Å². The predicted octanol–water partition coefficient (Wildman–Crippen LogP) is 4.91. The number of pyridine rings is 1. The Morgan fingerprint density at radius 2 is 2.11 bits per heavy atom. The Morgan fingerprint density at radius 3 is 2.81 bits per heavy atom. The van der Waals surface area contributed by atoms with Crippen LogP contribution in [-0.4, -0.2) is 53.3 Å². The lowest BCUT2D eigenvalue weighted by atomic mass is 10.1. The van der Waals surface area contributed by atoms with E-state index in [2.05, 4.69) is 20.8 Å². The lowest BCUT2D eigenvalue weighted by Gasteiger charge is -2.29. The monoisotopic (exact) mass is 509 g/mol. The van der Waals surface area contributed by atoms with Gasteiger partial charge in [-0.05, 0) is 44.4 Å². The molecule has 36 heavy (non-hydrogen) atoms. The van der Waals surface area contributed by atoms with Gasteiger partial charge in [-0.25, -0.2) is 9.37 Å². The molecule has 0 radical (unpaired) electrons. The molecule has 1 aliphatic rings. The van der Waals surface area contributed by atoms with Crippen LogP contribution in [0.15, 0.2) is 35.6 Å². The van der Waals surface area contributed by atoms with Crippen molar-refractivity contribution in [1.29, 1.82) is 0 Å². The summed E-state index contributed by atoms with van der Waals surface area (Å²) in [5.74, 6) is -1.49. The zero-order valence-corrected chi connectivity index (χ0v) is 19.9. The van der Waals surface area contributed by atoms with E-state index in [4.69, 9.17) is 4.74 Å². The number of hydrogen-bond donors (Lipinski definition) is 2. The van der Waals surface area contributed by atoms with Gasteiger partial charge in [0.25, 0.3) is 5.91 Å². The van der Waals surface area contributed by atoms with Crippen LogP contribution >= 0.6 is 0 Å². The fourth-order valence-electron chi connectivity index (χ4n) is 3.54. The van der Waals surface area contributed by atoms with Gasteiger partial charge in [0.1, 0.15) is 29.5 Å². The maximum atomic E-state index is 15.0. The second-order valence-corrected chi connectivity index (χ2v) is 8.29. The quantitative estimate of drug-likeness (QED) is 0.283. The minimum absolute atomic E-state index is 0.180. The van der Waals surface area contributed by atoms with Crippen molar-refractivity contribution in [3.05, 3.63) is 47.4 Å². The predicted molar refractivity (Wildman–Crippen MR) is 127 cm³/mol. The third kappa shape index (κ3) is 6.92. The van der Waals surface area contributed by atoms with Crippen molar-refractivity contribution in [1.82, 2.24) is 9.88 Å². The van der Waals surface area contributed by atoms with Crippen LogP contribution < -0.4 is 15.5 Å². The van der Waals surface area contributed by atoms with E-state index in [1.165, 1.54) is 6.20 Å². The van der Waals surface area contributed by atoms with Gasteiger partial charge < -0.3 is 19.7 Å². The minimum Gasteiger partial charge on any atom is -0.480 e. The molecule has 1 atom stereocenters. The molecule has 1 aliphatic heterocycles. The molecule has 1 fully saturated rings. The number of nitrogens with one attached hydrogen (secondary N) is 2. The number of amides is 1. The summed E-state index contributed by atoms with van der Waals surface area (Å²) >= 11 is 0. The summed E-state index contributed by atoms with van der Waals surface area (Å²) in [4.78, 5) is 29.5. The Kier molecular flexibility index (Phi) is 8.83. The molecule has 1 aromatic heterocycles. The Hall–Kier alpha value is -3.70. The van der Waals surface area contributed by atoms with Crippen LogP contribution in [-0.2, 0) is 4.79 Å². The van der Waals surface area contributed by atoms with E-state index in [0.29, 0.717) is 37.3 Å². The zero-order valence-electron chi connectivity index (χ0n) is 19.9. The average Bonchev–Trinajstić information content (AvgIpc) is 2.84. The van der Waals surface area contributed by atoms with Crippen LogP contribution in [0.4, 0.5) is 29.1 Å². The molecule has 2 N–H and O–H groups in total. The van der Waals surface area contributed by atoms with Crippen LogP contribution in [0, 0.1) is 12.7 Å². The highest BCUT2D eigenvalue weighted by atomic mass is 19.4. The molecule has 12 heteroatoms. The van der Waals surface area contributed by atoms with Crippen molar-refractivity contribution in [2.75, 3.05) is 23.8 Å². The number of halogens is 4. The molecule has 0 unspecified atom stereocenters. The van der Waals surface area contributed by atoms with Crippen LogP contribution in [0.2, 0.25) is 0 Å². The number of hydrazone groups is 1. The summed E-state index contributed by atoms with van der Waals surface area (Å²) in [5, 5.41) is 6.69. The molecule has 0 saturated carbocycles. The summed E-state index contributed by atoms with van der Waals surface area (Å²) < 4.78 is 59.6. The Morgan fingerprint density at radius 1 is 1.33 bits per heavy atom. The molecular formula is C24H27F4N5O3. The largest absolute Gasteiger partial charge is 0.480 e. The molecule has 0 spiro atoms. The fourth-order valence-corrected chi connectivity index (χ4v) is 3.54. The zero-order chi connectivity index (χ0) is 26.3. The lowest BCUT2D eigenvalue weighted by molar-refractivity contribution is -0.189. The number of anilines is 2. The first-order valence-corrected chi connectivity index (χ1v) is 11.4. The Labute approximate surface area is 205 Å². The average molecular weight is 510 g/mol. The van der Waals surface area contributed by atoms with Gasteiger partial charge in [0.2, 0.25) is 0 Å². The third-order valence-corrected chi connectivity index (χ3v) is 5.59. The van der Waals surface area contributed by atoms with Gasteiger partial charge in [-0.2, -0.15) is 18.3 Å². The molecule has 2 heterocycles. The first-order valence-electron chi connectivity index (χ1n) is 11.4. The van der Waals surface area contributed by atoms with Crippen LogP contribution in [0.25, 0.3) is 0 Å². The molecular weight excluding hydrogens is 482 g/mol. The van der Waals surface area contributed by atoms with E-state index < -0.39 is 35.3 Å². The highest BCUT2D eigenvalue weighted by molar-refractivity contribution is 6.06. The first kappa shape index (κ1) is 26.9. The summed E-state index contributed by atoms with van der Waals surface area (Å²) in [6, 6.07) is 5.10. The highest BCUT2D eigenvalue weighted by Gasteiger charge is 2.39. The third-order valence-electron chi connectivity index (χ3n) is 5.59. The van der Waals surface area contributed by atoms with Crippen molar-refractivity contribution in [3.8, 4) is 5.75 Å². The standard InChI is InChI=1S/C24H27F4N5O3/c1-15-7-5-9-29-22(15)30-23(35)17-13-18(25)19(14-20(17)36-16(2)24(26,27)28)31-32-21-8-3-4-10-33(21)11-6-12-34/h5,7,9,12-14,16,31H,3-4,6,8,10-11H2,1-2H3,(H,29,30,35)/b32-21-/t16-/m0/s1. The topological polar surface area (TPSA) is 95.9 Å². The number of alkyl halides is 3. The minimum atomic E-state index is -4.71. The van der Waals surface area contributed by atoms with Gasteiger partial charge in [0, 0.05) is 38.2 Å². The number of likely N-dealkylation sites (tertiary alicyclic amines) is 1. The first-order chi connectivity index (χ1) is 17.1.